The summed E-state index contributed by atoms with van der Waals surface area (Å²) in [4.78, 5) is 4.80. The number of rotatable bonds is 1. The average Bonchev–Trinajstić information content (AvgIpc) is 2.84. The standard InChI is InChI=1S/C17H15ClFN3/c1-10-15(11-5-4-6-12(19)9-11)17-20-14-8-3-2-7-13(14)16(18)22(17)21-10/h4-6,9H,2-3,7-8H2,1H3. The Balaban J connectivity index is 2.04. The Morgan fingerprint density at radius 2 is 2.05 bits per heavy atom. The van der Waals surface area contributed by atoms with Gasteiger partial charge in [0.25, 0.3) is 0 Å². The summed E-state index contributed by atoms with van der Waals surface area (Å²) in [5.41, 5.74) is 5.33. The van der Waals surface area contributed by atoms with E-state index >= 15 is 0 Å². The maximum Gasteiger partial charge on any atom is 0.165 e. The number of fused-ring (bicyclic) bond motifs is 2. The van der Waals surface area contributed by atoms with Crippen LogP contribution in [-0.2, 0) is 12.8 Å². The molecule has 0 aliphatic heterocycles. The van der Waals surface area contributed by atoms with Gasteiger partial charge in [0, 0.05) is 16.8 Å². The van der Waals surface area contributed by atoms with Gasteiger partial charge in [0.2, 0.25) is 0 Å². The zero-order chi connectivity index (χ0) is 15.3. The fourth-order valence-electron chi connectivity index (χ4n) is 3.23. The lowest BCUT2D eigenvalue weighted by Gasteiger charge is -2.16. The van der Waals surface area contributed by atoms with Crippen LogP contribution >= 0.6 is 11.6 Å². The van der Waals surface area contributed by atoms with Gasteiger partial charge in [-0.05, 0) is 50.3 Å². The number of hydrogen-bond acceptors (Lipinski definition) is 2. The number of nitrogens with zero attached hydrogens (tertiary/aromatic N) is 3. The van der Waals surface area contributed by atoms with E-state index in [1.807, 2.05) is 13.0 Å². The lowest BCUT2D eigenvalue weighted by atomic mass is 9.97. The predicted octanol–water partition coefficient (Wildman–Crippen LogP) is 4.38. The fraction of sp³-hybridized carbons (Fsp3) is 0.294. The molecule has 1 aliphatic rings. The van der Waals surface area contributed by atoms with E-state index in [1.54, 1.807) is 10.6 Å². The summed E-state index contributed by atoms with van der Waals surface area (Å²) in [5, 5.41) is 5.17. The summed E-state index contributed by atoms with van der Waals surface area (Å²) in [6, 6.07) is 6.53. The Morgan fingerprint density at radius 3 is 2.86 bits per heavy atom. The van der Waals surface area contributed by atoms with Gasteiger partial charge in [-0.25, -0.2) is 13.9 Å². The van der Waals surface area contributed by atoms with Gasteiger partial charge in [-0.3, -0.25) is 0 Å². The second-order valence-corrected chi connectivity index (χ2v) is 6.10. The Kier molecular flexibility index (Phi) is 3.15. The summed E-state index contributed by atoms with van der Waals surface area (Å²) in [6.07, 6.45) is 4.16. The topological polar surface area (TPSA) is 30.2 Å². The van der Waals surface area contributed by atoms with Gasteiger partial charge in [0.05, 0.1) is 5.69 Å². The van der Waals surface area contributed by atoms with Crippen LogP contribution in [0.4, 0.5) is 4.39 Å². The summed E-state index contributed by atoms with van der Waals surface area (Å²) in [6.45, 7) is 1.91. The maximum atomic E-state index is 13.6. The van der Waals surface area contributed by atoms with Crippen molar-refractivity contribution in [2.45, 2.75) is 32.6 Å². The molecule has 0 amide bonds. The van der Waals surface area contributed by atoms with E-state index in [9.17, 15) is 4.39 Å². The summed E-state index contributed by atoms with van der Waals surface area (Å²) >= 11 is 6.55. The van der Waals surface area contributed by atoms with E-state index < -0.39 is 0 Å². The molecular weight excluding hydrogens is 301 g/mol. The first-order chi connectivity index (χ1) is 10.6. The first-order valence-electron chi connectivity index (χ1n) is 7.47. The van der Waals surface area contributed by atoms with E-state index in [1.165, 1.54) is 12.1 Å². The van der Waals surface area contributed by atoms with Crippen LogP contribution in [0, 0.1) is 12.7 Å². The van der Waals surface area contributed by atoms with E-state index in [-0.39, 0.29) is 5.82 Å². The van der Waals surface area contributed by atoms with Gasteiger partial charge in [-0.1, -0.05) is 23.7 Å². The van der Waals surface area contributed by atoms with Gasteiger partial charge in [-0.15, -0.1) is 0 Å². The lowest BCUT2D eigenvalue weighted by molar-refractivity contribution is 0.628. The van der Waals surface area contributed by atoms with E-state index in [0.29, 0.717) is 10.8 Å². The van der Waals surface area contributed by atoms with Crippen molar-refractivity contribution < 1.29 is 4.39 Å². The molecule has 4 rings (SSSR count). The normalized spacial score (nSPS) is 14.3. The Morgan fingerprint density at radius 1 is 1.23 bits per heavy atom. The molecule has 3 aromatic rings. The molecule has 3 nitrogen and oxygen atoms in total. The molecule has 0 radical (unpaired) electrons. The number of aromatic nitrogens is 3. The zero-order valence-electron chi connectivity index (χ0n) is 12.2. The molecule has 0 N–H and O–H groups in total. The second kappa shape index (κ2) is 5.06. The van der Waals surface area contributed by atoms with Crippen molar-refractivity contribution in [1.29, 1.82) is 0 Å². The van der Waals surface area contributed by atoms with Gasteiger partial charge in [0.15, 0.2) is 5.65 Å². The number of halogens is 2. The molecule has 5 heteroatoms. The van der Waals surface area contributed by atoms with Crippen LogP contribution in [0.5, 0.6) is 0 Å². The summed E-state index contributed by atoms with van der Waals surface area (Å²) in [5.74, 6) is -0.264. The van der Waals surface area contributed by atoms with Crippen molar-refractivity contribution in [3.8, 4) is 11.1 Å². The van der Waals surface area contributed by atoms with Crippen LogP contribution in [0.15, 0.2) is 24.3 Å². The molecule has 0 fully saturated rings. The first kappa shape index (κ1) is 13.7. The highest BCUT2D eigenvalue weighted by molar-refractivity contribution is 6.30. The van der Waals surface area contributed by atoms with Crippen molar-refractivity contribution in [1.82, 2.24) is 14.6 Å². The van der Waals surface area contributed by atoms with Gasteiger partial charge in [-0.2, -0.15) is 5.10 Å². The van der Waals surface area contributed by atoms with Crippen LogP contribution < -0.4 is 0 Å². The van der Waals surface area contributed by atoms with E-state index in [0.717, 1.165) is 53.8 Å². The number of hydrogen-bond donors (Lipinski definition) is 0. The second-order valence-electron chi connectivity index (χ2n) is 5.74. The molecule has 2 heterocycles. The average molecular weight is 316 g/mol. The third kappa shape index (κ3) is 2.02. The Hall–Kier alpha value is -1.94. The molecule has 0 unspecified atom stereocenters. The van der Waals surface area contributed by atoms with Crippen molar-refractivity contribution >= 4 is 17.2 Å². The fourth-order valence-corrected chi connectivity index (χ4v) is 3.55. The highest BCUT2D eigenvalue weighted by Gasteiger charge is 2.22. The van der Waals surface area contributed by atoms with Gasteiger partial charge < -0.3 is 0 Å². The summed E-state index contributed by atoms with van der Waals surface area (Å²) < 4.78 is 15.3. The monoisotopic (exact) mass is 315 g/mol. The largest absolute Gasteiger partial charge is 0.233 e. The van der Waals surface area contributed by atoms with Crippen molar-refractivity contribution in [2.75, 3.05) is 0 Å². The van der Waals surface area contributed by atoms with Gasteiger partial charge >= 0.3 is 0 Å². The smallest absolute Gasteiger partial charge is 0.165 e. The molecule has 1 aromatic carbocycles. The van der Waals surface area contributed by atoms with Crippen LogP contribution in [0.2, 0.25) is 5.15 Å². The Bertz CT molecular complexity index is 885. The van der Waals surface area contributed by atoms with Gasteiger partial charge in [0.1, 0.15) is 11.0 Å². The summed E-state index contributed by atoms with van der Waals surface area (Å²) in [7, 11) is 0. The van der Waals surface area contributed by atoms with E-state index in [4.69, 9.17) is 16.6 Å². The molecule has 0 atom stereocenters. The minimum Gasteiger partial charge on any atom is -0.233 e. The maximum absolute atomic E-state index is 13.6. The quantitative estimate of drug-likeness (QED) is 0.624. The van der Waals surface area contributed by atoms with Crippen LogP contribution in [0.25, 0.3) is 16.8 Å². The third-order valence-corrected chi connectivity index (χ3v) is 4.65. The van der Waals surface area contributed by atoms with Crippen LogP contribution in [0.1, 0.15) is 29.8 Å². The SMILES string of the molecule is Cc1nn2c(Cl)c3c(nc2c1-c1cccc(F)c1)CCCC3. The molecule has 22 heavy (non-hydrogen) atoms. The molecule has 0 spiro atoms. The van der Waals surface area contributed by atoms with Crippen LogP contribution in [0.3, 0.4) is 0 Å². The first-order valence-corrected chi connectivity index (χ1v) is 7.85. The molecule has 2 aromatic heterocycles. The zero-order valence-corrected chi connectivity index (χ0v) is 13.0. The minimum atomic E-state index is -0.264. The molecule has 1 aliphatic carbocycles. The van der Waals surface area contributed by atoms with E-state index in [2.05, 4.69) is 5.10 Å². The third-order valence-electron chi connectivity index (χ3n) is 4.26. The molecular formula is C17H15ClFN3. The van der Waals surface area contributed by atoms with Crippen molar-refractivity contribution in [2.24, 2.45) is 0 Å². The highest BCUT2D eigenvalue weighted by Crippen LogP contribution is 2.33. The van der Waals surface area contributed by atoms with Crippen molar-refractivity contribution in [3.05, 3.63) is 52.2 Å². The predicted molar refractivity (Wildman–Crippen MR) is 84.8 cm³/mol. The molecule has 112 valence electrons. The molecule has 0 saturated carbocycles. The van der Waals surface area contributed by atoms with Crippen LogP contribution in [-0.4, -0.2) is 14.6 Å². The van der Waals surface area contributed by atoms with Crippen molar-refractivity contribution in [3.63, 3.8) is 0 Å². The molecule has 0 saturated heterocycles. The number of benzene rings is 1. The minimum absolute atomic E-state index is 0.264. The highest BCUT2D eigenvalue weighted by atomic mass is 35.5. The lowest BCUT2D eigenvalue weighted by Crippen LogP contribution is -2.10. The Labute approximate surface area is 132 Å². The number of aryl methyl sites for hydroxylation is 2. The molecule has 0 bridgehead atoms.